The molecule has 0 aliphatic heterocycles. The van der Waals surface area contributed by atoms with E-state index >= 15 is 0 Å². The summed E-state index contributed by atoms with van der Waals surface area (Å²) in [6, 6.07) is 11.3. The predicted octanol–water partition coefficient (Wildman–Crippen LogP) is 5.32. The van der Waals surface area contributed by atoms with E-state index in [1.165, 1.54) is 19.2 Å². The fourth-order valence-corrected chi connectivity index (χ4v) is 5.93. The van der Waals surface area contributed by atoms with Crippen LogP contribution in [0.15, 0.2) is 57.0 Å². The molecule has 0 unspecified atom stereocenters. The van der Waals surface area contributed by atoms with Crippen molar-refractivity contribution < 1.29 is 41.6 Å². The number of benzene rings is 2. The summed E-state index contributed by atoms with van der Waals surface area (Å²) in [7, 11) is -6.01. The molecule has 0 aliphatic carbocycles. The number of rotatable bonds is 13. The normalized spacial score (nSPS) is 11.6. The minimum Gasteiger partial charge on any atom is -0.461 e. The molecule has 0 radical (unpaired) electrons. The Labute approximate surface area is 253 Å². The second kappa shape index (κ2) is 16.1. The van der Waals surface area contributed by atoms with Crippen molar-refractivity contribution in [1.82, 2.24) is 5.16 Å². The van der Waals surface area contributed by atoms with Crippen molar-refractivity contribution in [1.29, 1.82) is 0 Å². The van der Waals surface area contributed by atoms with Gasteiger partial charge in [-0.3, -0.25) is 9.59 Å². The molecular formula is C29H39N3O9SSi. The van der Waals surface area contributed by atoms with Crippen molar-refractivity contribution in [3.8, 4) is 11.1 Å². The molecule has 0 saturated carbocycles. The van der Waals surface area contributed by atoms with Crippen LogP contribution in [0.1, 0.15) is 41.0 Å². The highest BCUT2D eigenvalue weighted by Crippen LogP contribution is 2.35. The van der Waals surface area contributed by atoms with Gasteiger partial charge in [-0.25, -0.2) is 12.7 Å². The molecule has 0 atom stereocenters. The third-order valence-electron chi connectivity index (χ3n) is 5.88. The molecule has 1 N–H and O–H groups in total. The van der Waals surface area contributed by atoms with Gasteiger partial charge in [0.05, 0.1) is 23.8 Å². The van der Waals surface area contributed by atoms with Gasteiger partial charge < -0.3 is 23.6 Å². The van der Waals surface area contributed by atoms with E-state index in [1.807, 2.05) is 0 Å². The Morgan fingerprint density at radius 3 is 2.35 bits per heavy atom. The maximum atomic E-state index is 14.1. The molecule has 0 bridgehead atoms. The summed E-state index contributed by atoms with van der Waals surface area (Å²) in [5.41, 5.74) is 2.68. The standard InChI is InChI=1S/C27H34N2O8SSi.C2H5NO/c1-19-20(2)28-37-27(19)29(18-34-13-14-36-39(4,5)6)38(32,33)26-10-8-7-9-25(26)24-12-11-22(15-23(24)16-30)17-35-21(3)31;1-2-3-4/h7-12,15-16H,13-14,17-18H2,1-6H3;2,4H,1H3. The lowest BCUT2D eigenvalue weighted by Crippen LogP contribution is -2.35. The Morgan fingerprint density at radius 1 is 1.12 bits per heavy atom. The first-order chi connectivity index (χ1) is 20.3. The molecule has 0 amide bonds. The number of aromatic nitrogens is 1. The molecule has 0 spiro atoms. The van der Waals surface area contributed by atoms with Gasteiger partial charge in [0.15, 0.2) is 14.6 Å². The Morgan fingerprint density at radius 2 is 1.79 bits per heavy atom. The molecule has 3 rings (SSSR count). The van der Waals surface area contributed by atoms with Gasteiger partial charge in [-0.1, -0.05) is 35.5 Å². The van der Waals surface area contributed by atoms with E-state index < -0.39 is 24.3 Å². The summed E-state index contributed by atoms with van der Waals surface area (Å²) in [6.45, 7) is 12.7. The number of ether oxygens (including phenoxy) is 2. The van der Waals surface area contributed by atoms with E-state index in [0.29, 0.717) is 40.8 Å². The van der Waals surface area contributed by atoms with Crippen molar-refractivity contribution in [3.05, 3.63) is 64.8 Å². The van der Waals surface area contributed by atoms with Gasteiger partial charge in [-0.05, 0) is 63.7 Å². The third-order valence-corrected chi connectivity index (χ3v) is 8.71. The van der Waals surface area contributed by atoms with Crippen LogP contribution in [0.25, 0.3) is 11.1 Å². The first-order valence-electron chi connectivity index (χ1n) is 13.4. The monoisotopic (exact) mass is 633 g/mol. The molecule has 0 fully saturated rings. The van der Waals surface area contributed by atoms with Crippen LogP contribution in [0.2, 0.25) is 19.6 Å². The number of oxime groups is 1. The molecule has 2 aromatic carbocycles. The van der Waals surface area contributed by atoms with Crippen molar-refractivity contribution >= 4 is 42.7 Å². The fourth-order valence-electron chi connectivity index (χ4n) is 3.69. The number of anilines is 1. The lowest BCUT2D eigenvalue weighted by Gasteiger charge is -2.24. The van der Waals surface area contributed by atoms with E-state index in [2.05, 4.69) is 30.0 Å². The smallest absolute Gasteiger partial charge is 0.302 e. The largest absolute Gasteiger partial charge is 0.461 e. The number of carbonyl (C=O) groups is 2. The number of nitrogens with zero attached hydrogens (tertiary/aromatic N) is 3. The highest BCUT2D eigenvalue weighted by Gasteiger charge is 2.32. The highest BCUT2D eigenvalue weighted by molar-refractivity contribution is 7.93. The summed E-state index contributed by atoms with van der Waals surface area (Å²) in [5, 5.41) is 14.0. The Hall–Kier alpha value is -3.85. The minimum absolute atomic E-state index is 0.00689. The lowest BCUT2D eigenvalue weighted by molar-refractivity contribution is -0.142. The summed E-state index contributed by atoms with van der Waals surface area (Å²) in [5.74, 6) is -0.406. The summed E-state index contributed by atoms with van der Waals surface area (Å²) >= 11 is 0. The van der Waals surface area contributed by atoms with E-state index in [4.69, 9.17) is 23.6 Å². The van der Waals surface area contributed by atoms with Gasteiger partial charge >= 0.3 is 5.97 Å². The van der Waals surface area contributed by atoms with Crippen LogP contribution in [0.3, 0.4) is 0 Å². The van der Waals surface area contributed by atoms with E-state index in [9.17, 15) is 18.0 Å². The van der Waals surface area contributed by atoms with Gasteiger partial charge in [0.1, 0.15) is 13.3 Å². The number of carbonyl (C=O) groups excluding carboxylic acids is 2. The highest BCUT2D eigenvalue weighted by atomic mass is 32.2. The molecule has 234 valence electrons. The van der Waals surface area contributed by atoms with Crippen LogP contribution in [0.4, 0.5) is 5.88 Å². The molecule has 14 heteroatoms. The topological polar surface area (TPSA) is 158 Å². The van der Waals surface area contributed by atoms with E-state index in [0.717, 1.165) is 4.31 Å². The Kier molecular flexibility index (Phi) is 13.2. The molecule has 0 saturated heterocycles. The molecule has 43 heavy (non-hydrogen) atoms. The van der Waals surface area contributed by atoms with Crippen LogP contribution in [-0.4, -0.2) is 65.5 Å². The second-order valence-corrected chi connectivity index (χ2v) is 16.6. The van der Waals surface area contributed by atoms with Crippen LogP contribution in [-0.2, 0) is 35.3 Å². The van der Waals surface area contributed by atoms with Crippen molar-refractivity contribution in [2.45, 2.75) is 58.8 Å². The average Bonchev–Trinajstić information content (AvgIpc) is 3.30. The first-order valence-corrected chi connectivity index (χ1v) is 18.2. The van der Waals surface area contributed by atoms with Crippen LogP contribution < -0.4 is 4.31 Å². The third kappa shape index (κ3) is 10.1. The summed E-state index contributed by atoms with van der Waals surface area (Å²) < 4.78 is 51.3. The SMILES string of the molecule is CC(=O)OCc1ccc(-c2ccccc2S(=O)(=O)N(COCCO[Si](C)(C)C)c2onc(C)c2C)c(C=O)c1.CC=NO. The second-order valence-electron chi connectivity index (χ2n) is 10.2. The van der Waals surface area contributed by atoms with E-state index in [1.54, 1.807) is 57.2 Å². The van der Waals surface area contributed by atoms with E-state index in [-0.39, 0.29) is 36.3 Å². The lowest BCUT2D eigenvalue weighted by atomic mass is 9.98. The number of sulfonamides is 1. The number of aryl methyl sites for hydroxylation is 1. The van der Waals surface area contributed by atoms with Crippen LogP contribution in [0.5, 0.6) is 0 Å². The number of hydrogen-bond donors (Lipinski definition) is 1. The van der Waals surface area contributed by atoms with Crippen LogP contribution >= 0.6 is 0 Å². The van der Waals surface area contributed by atoms with Gasteiger partial charge in [-0.2, -0.15) is 0 Å². The minimum atomic E-state index is -4.26. The summed E-state index contributed by atoms with van der Waals surface area (Å²) in [6.07, 6.45) is 1.94. The summed E-state index contributed by atoms with van der Waals surface area (Å²) in [4.78, 5) is 23.1. The first kappa shape index (κ1) is 35.3. The van der Waals surface area contributed by atoms with Crippen molar-refractivity contribution in [3.63, 3.8) is 0 Å². The van der Waals surface area contributed by atoms with Crippen LogP contribution in [0, 0.1) is 13.8 Å². The Bertz CT molecular complexity index is 1510. The molecule has 1 aromatic heterocycles. The Balaban J connectivity index is 0.00000151. The molecule has 3 aromatic rings. The maximum absolute atomic E-state index is 14.1. The van der Waals surface area contributed by atoms with Crippen molar-refractivity contribution in [2.75, 3.05) is 24.2 Å². The zero-order valence-electron chi connectivity index (χ0n) is 25.5. The molecular weight excluding hydrogens is 594 g/mol. The zero-order chi connectivity index (χ0) is 32.2. The fraction of sp³-hybridized carbons (Fsp3) is 0.379. The molecule has 12 nitrogen and oxygen atoms in total. The van der Waals surface area contributed by atoms with Gasteiger partial charge in [0, 0.05) is 29.8 Å². The number of esters is 1. The van der Waals surface area contributed by atoms with Crippen molar-refractivity contribution in [2.24, 2.45) is 5.16 Å². The number of hydrogen-bond acceptors (Lipinski definition) is 11. The maximum Gasteiger partial charge on any atom is 0.302 e. The van der Waals surface area contributed by atoms with Gasteiger partial charge in [-0.15, -0.1) is 5.16 Å². The average molecular weight is 634 g/mol. The van der Waals surface area contributed by atoms with Gasteiger partial charge in [0.2, 0.25) is 5.88 Å². The zero-order valence-corrected chi connectivity index (χ0v) is 27.3. The quantitative estimate of drug-likeness (QED) is 0.0382. The van der Waals surface area contributed by atoms with Gasteiger partial charge in [0.25, 0.3) is 10.0 Å². The predicted molar refractivity (Wildman–Crippen MR) is 164 cm³/mol. The molecule has 1 heterocycles. The number of aldehydes is 1. The molecule has 0 aliphatic rings.